The summed E-state index contributed by atoms with van der Waals surface area (Å²) in [6.45, 7) is 2.70. The van der Waals surface area contributed by atoms with E-state index < -0.39 is 0 Å². The number of hydrogen-bond acceptors (Lipinski definition) is 2. The van der Waals surface area contributed by atoms with E-state index in [-0.39, 0.29) is 11.8 Å². The number of aryl methyl sites for hydroxylation is 1. The second kappa shape index (κ2) is 7.71. The summed E-state index contributed by atoms with van der Waals surface area (Å²) in [4.78, 5) is 22.9. The van der Waals surface area contributed by atoms with Crippen LogP contribution < -0.4 is 10.6 Å². The van der Waals surface area contributed by atoms with Crippen molar-refractivity contribution in [2.45, 2.75) is 13.3 Å². The predicted molar refractivity (Wildman–Crippen MR) is 71.9 cm³/mol. The van der Waals surface area contributed by atoms with Crippen molar-refractivity contribution in [3.63, 3.8) is 0 Å². The van der Waals surface area contributed by atoms with Crippen LogP contribution in [0.2, 0.25) is 0 Å². The fraction of sp³-hybridized carbons (Fsp3) is 0.385. The highest BCUT2D eigenvalue weighted by Crippen LogP contribution is 2.05. The molecule has 0 radical (unpaired) electrons. The van der Waals surface area contributed by atoms with Crippen LogP contribution in [0.15, 0.2) is 24.3 Å². The van der Waals surface area contributed by atoms with Gasteiger partial charge in [0.1, 0.15) is 0 Å². The summed E-state index contributed by atoms with van der Waals surface area (Å²) in [5, 5.41) is 5.42. The smallest absolute Gasteiger partial charge is 0.251 e. The van der Waals surface area contributed by atoms with Gasteiger partial charge in [0.15, 0.2) is 0 Å². The van der Waals surface area contributed by atoms with Gasteiger partial charge in [0, 0.05) is 31.0 Å². The Kier molecular flexibility index (Phi) is 6.22. The maximum Gasteiger partial charge on any atom is 0.251 e. The Labute approximate surface area is 112 Å². The van der Waals surface area contributed by atoms with E-state index in [0.717, 1.165) is 5.56 Å². The molecule has 0 unspecified atom stereocenters. The first-order chi connectivity index (χ1) is 8.65. The molecule has 2 amide bonds. The third-order valence-corrected chi connectivity index (χ3v) is 2.63. The van der Waals surface area contributed by atoms with Crippen molar-refractivity contribution in [1.82, 2.24) is 10.6 Å². The van der Waals surface area contributed by atoms with E-state index in [2.05, 4.69) is 10.6 Å². The van der Waals surface area contributed by atoms with E-state index >= 15 is 0 Å². The molecule has 4 nitrogen and oxygen atoms in total. The summed E-state index contributed by atoms with van der Waals surface area (Å²) in [6, 6.07) is 7.37. The molecule has 1 aromatic carbocycles. The van der Waals surface area contributed by atoms with Crippen LogP contribution in [0.1, 0.15) is 22.3 Å². The second-order valence-electron chi connectivity index (χ2n) is 3.86. The Bertz CT molecular complexity index is 421. The number of benzene rings is 1. The Morgan fingerprint density at radius 1 is 1.17 bits per heavy atom. The zero-order chi connectivity index (χ0) is 13.4. The second-order valence-corrected chi connectivity index (χ2v) is 4.24. The lowest BCUT2D eigenvalue weighted by molar-refractivity contribution is -0.120. The van der Waals surface area contributed by atoms with Crippen LogP contribution in [0.4, 0.5) is 0 Å². The molecule has 0 saturated heterocycles. The fourth-order valence-electron chi connectivity index (χ4n) is 1.48. The summed E-state index contributed by atoms with van der Waals surface area (Å²) in [7, 11) is 0. The van der Waals surface area contributed by atoms with E-state index in [1.165, 1.54) is 0 Å². The topological polar surface area (TPSA) is 58.2 Å². The van der Waals surface area contributed by atoms with Gasteiger partial charge in [-0.2, -0.15) is 0 Å². The summed E-state index contributed by atoms with van der Waals surface area (Å²) >= 11 is 5.43. The van der Waals surface area contributed by atoms with Crippen LogP contribution in [0, 0.1) is 6.92 Å². The lowest BCUT2D eigenvalue weighted by Gasteiger charge is -2.08. The first kappa shape index (κ1) is 14.5. The minimum absolute atomic E-state index is 0.102. The fourth-order valence-corrected chi connectivity index (χ4v) is 1.65. The highest BCUT2D eigenvalue weighted by atomic mass is 35.5. The average Bonchev–Trinajstić information content (AvgIpc) is 2.35. The largest absolute Gasteiger partial charge is 0.354 e. The molecule has 0 spiro atoms. The molecule has 0 aromatic heterocycles. The van der Waals surface area contributed by atoms with Gasteiger partial charge in [0.05, 0.1) is 0 Å². The van der Waals surface area contributed by atoms with Crippen molar-refractivity contribution in [2.24, 2.45) is 0 Å². The number of amides is 2. The van der Waals surface area contributed by atoms with E-state index in [1.807, 2.05) is 25.1 Å². The Morgan fingerprint density at radius 2 is 1.83 bits per heavy atom. The van der Waals surface area contributed by atoms with Crippen molar-refractivity contribution in [1.29, 1.82) is 0 Å². The van der Waals surface area contributed by atoms with E-state index in [9.17, 15) is 9.59 Å². The Morgan fingerprint density at radius 3 is 2.50 bits per heavy atom. The molecule has 18 heavy (non-hydrogen) atoms. The zero-order valence-corrected chi connectivity index (χ0v) is 11.1. The molecule has 1 rings (SSSR count). The van der Waals surface area contributed by atoms with Gasteiger partial charge in [-0.05, 0) is 18.6 Å². The van der Waals surface area contributed by atoms with Crippen LogP contribution in [-0.2, 0) is 4.79 Å². The van der Waals surface area contributed by atoms with Crippen LogP contribution in [0.3, 0.4) is 0 Å². The number of halogens is 1. The standard InChI is InChI=1S/C13H17ClN2O2/c1-10-4-2-3-5-11(10)13(18)16-9-8-15-12(17)6-7-14/h2-5H,6-9H2,1H3,(H,15,17)(H,16,18). The Balaban J connectivity index is 2.30. The Hall–Kier alpha value is -1.55. The first-order valence-corrected chi connectivity index (χ1v) is 6.35. The van der Waals surface area contributed by atoms with Gasteiger partial charge in [-0.1, -0.05) is 18.2 Å². The first-order valence-electron chi connectivity index (χ1n) is 5.81. The summed E-state index contributed by atoms with van der Waals surface area (Å²) in [6.07, 6.45) is 0.299. The molecular weight excluding hydrogens is 252 g/mol. The van der Waals surface area contributed by atoms with Gasteiger partial charge in [-0.15, -0.1) is 11.6 Å². The molecule has 1 aromatic rings. The lowest BCUT2D eigenvalue weighted by atomic mass is 10.1. The molecule has 0 fully saturated rings. The van der Waals surface area contributed by atoms with Gasteiger partial charge in [0.2, 0.25) is 5.91 Å². The SMILES string of the molecule is Cc1ccccc1C(=O)NCCNC(=O)CCCl. The summed E-state index contributed by atoms with van der Waals surface area (Å²) in [5.41, 5.74) is 1.59. The number of carbonyl (C=O) groups is 2. The minimum Gasteiger partial charge on any atom is -0.354 e. The summed E-state index contributed by atoms with van der Waals surface area (Å²) < 4.78 is 0. The predicted octanol–water partition coefficient (Wildman–Crippen LogP) is 1.47. The van der Waals surface area contributed by atoms with Gasteiger partial charge in [-0.3, -0.25) is 9.59 Å². The van der Waals surface area contributed by atoms with Gasteiger partial charge >= 0.3 is 0 Å². The van der Waals surface area contributed by atoms with Crippen molar-refractivity contribution in [3.05, 3.63) is 35.4 Å². The van der Waals surface area contributed by atoms with Crippen LogP contribution >= 0.6 is 11.6 Å². The number of rotatable bonds is 6. The maximum atomic E-state index is 11.8. The van der Waals surface area contributed by atoms with Crippen molar-refractivity contribution < 1.29 is 9.59 Å². The van der Waals surface area contributed by atoms with E-state index in [0.29, 0.717) is 31.0 Å². The summed E-state index contributed by atoms with van der Waals surface area (Å²) in [5.74, 6) is 0.0799. The van der Waals surface area contributed by atoms with Crippen molar-refractivity contribution in [2.75, 3.05) is 19.0 Å². The van der Waals surface area contributed by atoms with E-state index in [1.54, 1.807) is 6.07 Å². The molecule has 0 saturated carbocycles. The molecule has 0 atom stereocenters. The van der Waals surface area contributed by atoms with Crippen LogP contribution in [0.25, 0.3) is 0 Å². The molecule has 2 N–H and O–H groups in total. The zero-order valence-electron chi connectivity index (χ0n) is 10.3. The molecule has 0 aliphatic carbocycles. The normalized spacial score (nSPS) is 9.89. The third-order valence-electron chi connectivity index (χ3n) is 2.44. The molecule has 0 bridgehead atoms. The maximum absolute atomic E-state index is 11.8. The number of alkyl halides is 1. The molecule has 0 heterocycles. The number of hydrogen-bond donors (Lipinski definition) is 2. The molecule has 0 aliphatic rings. The minimum atomic E-state index is -0.125. The quantitative estimate of drug-likeness (QED) is 0.606. The highest BCUT2D eigenvalue weighted by Gasteiger charge is 2.07. The average molecular weight is 269 g/mol. The van der Waals surface area contributed by atoms with Crippen LogP contribution in [0.5, 0.6) is 0 Å². The van der Waals surface area contributed by atoms with Crippen LogP contribution in [-0.4, -0.2) is 30.8 Å². The highest BCUT2D eigenvalue weighted by molar-refractivity contribution is 6.18. The van der Waals surface area contributed by atoms with Gasteiger partial charge < -0.3 is 10.6 Å². The lowest BCUT2D eigenvalue weighted by Crippen LogP contribution is -2.34. The molecule has 5 heteroatoms. The van der Waals surface area contributed by atoms with Gasteiger partial charge in [-0.25, -0.2) is 0 Å². The monoisotopic (exact) mass is 268 g/mol. The van der Waals surface area contributed by atoms with Crippen molar-refractivity contribution >= 4 is 23.4 Å². The molecule has 0 aliphatic heterocycles. The van der Waals surface area contributed by atoms with E-state index in [4.69, 9.17) is 11.6 Å². The van der Waals surface area contributed by atoms with Crippen molar-refractivity contribution in [3.8, 4) is 0 Å². The third kappa shape index (κ3) is 4.75. The van der Waals surface area contributed by atoms with Gasteiger partial charge in [0.25, 0.3) is 5.91 Å². The molecule has 98 valence electrons. The molecular formula is C13H17ClN2O2. The number of carbonyl (C=O) groups excluding carboxylic acids is 2. The number of nitrogens with one attached hydrogen (secondary N) is 2.